The molecule has 0 saturated carbocycles. The van der Waals surface area contributed by atoms with E-state index in [1.807, 2.05) is 36.4 Å². The zero-order chi connectivity index (χ0) is 26.1. The molecule has 3 aromatic rings. The highest BCUT2D eigenvalue weighted by molar-refractivity contribution is 6.04. The van der Waals surface area contributed by atoms with E-state index in [-0.39, 0.29) is 0 Å². The van der Waals surface area contributed by atoms with Crippen LogP contribution in [0.3, 0.4) is 0 Å². The zero-order valence-electron chi connectivity index (χ0n) is 22.0. The molecule has 1 saturated heterocycles. The molecule has 38 heavy (non-hydrogen) atoms. The maximum Gasteiger partial charge on any atom is 0.338 e. The van der Waals surface area contributed by atoms with Crippen molar-refractivity contribution in [1.29, 1.82) is 0 Å². The molecule has 0 aromatic heterocycles. The Morgan fingerprint density at radius 1 is 0.947 bits per heavy atom. The average Bonchev–Trinajstić information content (AvgIpc) is 3.00. The molecule has 0 amide bonds. The number of carbonyl (C=O) groups excluding carboxylic acids is 1. The van der Waals surface area contributed by atoms with Gasteiger partial charge in [-0.3, -0.25) is 0 Å². The summed E-state index contributed by atoms with van der Waals surface area (Å²) in [4.78, 5) is 15.4. The minimum atomic E-state index is -0.778. The van der Waals surface area contributed by atoms with E-state index in [1.165, 1.54) is 37.6 Å². The predicted octanol–water partition coefficient (Wildman–Crippen LogP) is 7.03. The van der Waals surface area contributed by atoms with Crippen LogP contribution in [0.25, 0.3) is 16.8 Å². The fourth-order valence-electron chi connectivity index (χ4n) is 6.02. The summed E-state index contributed by atoms with van der Waals surface area (Å²) >= 11 is 0. The number of ether oxygens (including phenoxy) is 3. The number of carbonyl (C=O) groups is 1. The summed E-state index contributed by atoms with van der Waals surface area (Å²) in [7, 11) is 3.05. The van der Waals surface area contributed by atoms with Gasteiger partial charge >= 0.3 is 5.97 Å². The molecule has 2 heterocycles. The van der Waals surface area contributed by atoms with Crippen LogP contribution in [0.5, 0.6) is 11.5 Å². The van der Waals surface area contributed by atoms with Crippen LogP contribution in [0.4, 0.5) is 0 Å². The maximum absolute atomic E-state index is 12.8. The Morgan fingerprint density at radius 3 is 2.47 bits per heavy atom. The molecule has 0 radical (unpaired) electrons. The molecule has 1 unspecified atom stereocenters. The molecule has 1 fully saturated rings. The van der Waals surface area contributed by atoms with E-state index in [9.17, 15) is 4.79 Å². The lowest BCUT2D eigenvalue weighted by atomic mass is 9.78. The normalized spacial score (nSPS) is 20.7. The number of nitrogens with zero attached hydrogens (tertiary/aromatic N) is 1. The lowest BCUT2D eigenvalue weighted by Gasteiger charge is -2.40. The molecule has 0 spiro atoms. The average molecular weight is 508 g/mol. The van der Waals surface area contributed by atoms with Crippen LogP contribution in [0, 0.1) is 0 Å². The Morgan fingerprint density at radius 2 is 1.76 bits per heavy atom. The van der Waals surface area contributed by atoms with Gasteiger partial charge in [0.2, 0.25) is 0 Å². The minimum Gasteiger partial charge on any atom is -0.497 e. The molecule has 1 atom stereocenters. The van der Waals surface area contributed by atoms with Gasteiger partial charge in [0, 0.05) is 35.3 Å². The summed E-state index contributed by atoms with van der Waals surface area (Å²) in [6.45, 7) is 2.29. The van der Waals surface area contributed by atoms with Crippen LogP contribution in [0.1, 0.15) is 53.6 Å². The highest BCUT2D eigenvalue weighted by Crippen LogP contribution is 2.48. The van der Waals surface area contributed by atoms with Gasteiger partial charge in [0.25, 0.3) is 0 Å². The number of fused-ring (bicyclic) bond motifs is 3. The molecule has 5 nitrogen and oxygen atoms in total. The molecule has 0 bridgehead atoms. The number of hydrogen-bond acceptors (Lipinski definition) is 5. The Bertz CT molecular complexity index is 1460. The highest BCUT2D eigenvalue weighted by Gasteiger charge is 2.41. The Hall–Kier alpha value is -3.99. The van der Waals surface area contributed by atoms with Crippen LogP contribution >= 0.6 is 0 Å². The molecule has 0 N–H and O–H groups in total. The summed E-state index contributed by atoms with van der Waals surface area (Å²) in [5.74, 6) is 1.01. The van der Waals surface area contributed by atoms with Crippen molar-refractivity contribution in [2.24, 2.45) is 0 Å². The highest BCUT2D eigenvalue weighted by atomic mass is 16.5. The van der Waals surface area contributed by atoms with Crippen LogP contribution in [0.2, 0.25) is 0 Å². The molecule has 1 aliphatic carbocycles. The van der Waals surface area contributed by atoms with E-state index in [4.69, 9.17) is 14.2 Å². The first kappa shape index (κ1) is 24.4. The van der Waals surface area contributed by atoms with Gasteiger partial charge in [-0.05, 0) is 85.6 Å². The van der Waals surface area contributed by atoms with Crippen molar-refractivity contribution < 1.29 is 19.0 Å². The second kappa shape index (κ2) is 10.1. The number of esters is 1. The number of hydrogen-bond donors (Lipinski definition) is 0. The van der Waals surface area contributed by atoms with E-state index in [2.05, 4.69) is 47.4 Å². The molecule has 6 rings (SSSR count). The minimum absolute atomic E-state index is 0.391. The van der Waals surface area contributed by atoms with Gasteiger partial charge in [-0.15, -0.1) is 0 Å². The molecular weight excluding hydrogens is 474 g/mol. The Balaban J connectivity index is 1.51. The van der Waals surface area contributed by atoms with Crippen LogP contribution < -0.4 is 9.47 Å². The lowest BCUT2D eigenvalue weighted by molar-refractivity contribution is 0.0599. The van der Waals surface area contributed by atoms with Gasteiger partial charge < -0.3 is 19.1 Å². The first-order valence-electron chi connectivity index (χ1n) is 13.4. The van der Waals surface area contributed by atoms with Crippen LogP contribution in [-0.2, 0) is 10.3 Å². The summed E-state index contributed by atoms with van der Waals surface area (Å²) < 4.78 is 17.7. The third kappa shape index (κ3) is 4.16. The standard InChI is InChI=1S/C33H33NO4/c1-36-27-15-16-28-23(21-27)22-30(32(35)37-2)29-17-18-33(38-31(28)29,24-9-5-3-6-10-24)25-11-13-26(14-12-25)34-19-7-4-8-20-34/h3,5-6,9-11,13,15-18,21-22H,4,7-8,12,14,19-20H2,1-2H3. The van der Waals surface area contributed by atoms with Crippen molar-refractivity contribution in [3.05, 3.63) is 101 Å². The summed E-state index contributed by atoms with van der Waals surface area (Å²) in [5.41, 5.74) is 4.12. The van der Waals surface area contributed by atoms with Gasteiger partial charge in [-0.25, -0.2) is 4.79 Å². The topological polar surface area (TPSA) is 48.0 Å². The Labute approximate surface area is 224 Å². The van der Waals surface area contributed by atoms with Crippen molar-refractivity contribution >= 4 is 22.8 Å². The quantitative estimate of drug-likeness (QED) is 0.347. The summed E-state index contributed by atoms with van der Waals surface area (Å²) in [6, 6.07) is 18.1. The van der Waals surface area contributed by atoms with Gasteiger partial charge in [0.15, 0.2) is 5.60 Å². The van der Waals surface area contributed by atoms with Crippen molar-refractivity contribution in [2.45, 2.75) is 37.7 Å². The van der Waals surface area contributed by atoms with E-state index in [0.29, 0.717) is 11.3 Å². The smallest absolute Gasteiger partial charge is 0.338 e. The predicted molar refractivity (Wildman–Crippen MR) is 150 cm³/mol. The van der Waals surface area contributed by atoms with Gasteiger partial charge in [0.05, 0.1) is 19.8 Å². The third-order valence-electron chi connectivity index (χ3n) is 8.06. The number of piperidine rings is 1. The number of rotatable bonds is 5. The van der Waals surface area contributed by atoms with Gasteiger partial charge in [-0.2, -0.15) is 0 Å². The third-order valence-corrected chi connectivity index (χ3v) is 8.06. The number of benzene rings is 3. The van der Waals surface area contributed by atoms with E-state index in [0.717, 1.165) is 53.6 Å². The SMILES string of the molecule is COC(=O)c1cc2cc(OC)ccc2c2c1C=CC(C1=CC=C(N3CCCCC3)CC1)(c1ccccc1)O2. The van der Waals surface area contributed by atoms with Gasteiger partial charge in [0.1, 0.15) is 11.5 Å². The molecule has 2 aliphatic heterocycles. The monoisotopic (exact) mass is 507 g/mol. The number of allylic oxidation sites excluding steroid dienone is 3. The summed E-state index contributed by atoms with van der Waals surface area (Å²) in [5, 5.41) is 1.80. The Kier molecular flexibility index (Phi) is 6.44. The molecular formula is C33H33NO4. The largest absolute Gasteiger partial charge is 0.497 e. The number of likely N-dealkylation sites (tertiary alicyclic amines) is 1. The summed E-state index contributed by atoms with van der Waals surface area (Å²) in [6.07, 6.45) is 14.4. The maximum atomic E-state index is 12.8. The number of methoxy groups -OCH3 is 2. The molecule has 5 heteroatoms. The molecule has 3 aromatic carbocycles. The van der Waals surface area contributed by atoms with Crippen molar-refractivity contribution in [3.8, 4) is 11.5 Å². The fourth-order valence-corrected chi connectivity index (χ4v) is 6.02. The first-order valence-corrected chi connectivity index (χ1v) is 13.4. The van der Waals surface area contributed by atoms with Crippen LogP contribution in [0.15, 0.2) is 84.1 Å². The first-order chi connectivity index (χ1) is 18.6. The second-order valence-electron chi connectivity index (χ2n) is 10.2. The van der Waals surface area contributed by atoms with E-state index in [1.54, 1.807) is 7.11 Å². The van der Waals surface area contributed by atoms with Gasteiger partial charge in [-0.1, -0.05) is 36.4 Å². The zero-order valence-corrected chi connectivity index (χ0v) is 22.0. The van der Waals surface area contributed by atoms with Crippen molar-refractivity contribution in [2.75, 3.05) is 27.3 Å². The lowest BCUT2D eigenvalue weighted by Crippen LogP contribution is -2.37. The molecule has 194 valence electrons. The fraction of sp³-hybridized carbons (Fsp3) is 0.303. The van der Waals surface area contributed by atoms with Crippen molar-refractivity contribution in [1.82, 2.24) is 4.90 Å². The van der Waals surface area contributed by atoms with E-state index >= 15 is 0 Å². The van der Waals surface area contributed by atoms with E-state index < -0.39 is 11.6 Å². The van der Waals surface area contributed by atoms with Crippen LogP contribution in [-0.4, -0.2) is 38.2 Å². The molecule has 3 aliphatic rings. The second-order valence-corrected chi connectivity index (χ2v) is 10.2. The van der Waals surface area contributed by atoms with Crippen molar-refractivity contribution in [3.63, 3.8) is 0 Å².